The van der Waals surface area contributed by atoms with E-state index in [1.807, 2.05) is 24.3 Å². The van der Waals surface area contributed by atoms with Gasteiger partial charge in [0.2, 0.25) is 0 Å². The molecule has 0 aliphatic carbocycles. The van der Waals surface area contributed by atoms with Gasteiger partial charge in [-0.05, 0) is 81.4 Å². The summed E-state index contributed by atoms with van der Waals surface area (Å²) in [6, 6.07) is 21.9. The number of amides is 1. The number of ether oxygens (including phenoxy) is 2. The summed E-state index contributed by atoms with van der Waals surface area (Å²) in [6.45, 7) is 5.70. The average Bonchev–Trinajstić information content (AvgIpc) is 3.50. The lowest BCUT2D eigenvalue weighted by molar-refractivity contribution is -0.144. The van der Waals surface area contributed by atoms with E-state index in [0.717, 1.165) is 17.1 Å². The molecule has 0 saturated heterocycles. The predicted molar refractivity (Wildman–Crippen MR) is 138 cm³/mol. The number of para-hydroxylation sites is 1. The van der Waals surface area contributed by atoms with E-state index < -0.39 is 18.0 Å². The van der Waals surface area contributed by atoms with Gasteiger partial charge in [-0.25, -0.2) is 10.2 Å². The molecule has 1 amide bonds. The van der Waals surface area contributed by atoms with Crippen molar-refractivity contribution >= 4 is 18.1 Å². The predicted octanol–water partition coefficient (Wildman–Crippen LogP) is 4.88. The monoisotopic (exact) mass is 501 g/mol. The third kappa shape index (κ3) is 6.26. The molecule has 0 spiro atoms. The van der Waals surface area contributed by atoms with Crippen LogP contribution in [-0.2, 0) is 11.4 Å². The SMILES string of the molecule is Cc1ccc(C)n1-c1ccc(OCc2ccc(C(=O)N/N=C/c3ccccc3O[C@H](C)C(=O)O)o2)cc1. The molecule has 2 aromatic heterocycles. The van der Waals surface area contributed by atoms with Gasteiger partial charge in [0.1, 0.15) is 23.9 Å². The Morgan fingerprint density at radius 1 is 1.03 bits per heavy atom. The quantitative estimate of drug-likeness (QED) is 0.236. The Morgan fingerprint density at radius 3 is 2.43 bits per heavy atom. The van der Waals surface area contributed by atoms with Crippen molar-refractivity contribution < 1.29 is 28.6 Å². The van der Waals surface area contributed by atoms with E-state index in [9.17, 15) is 9.59 Å². The fraction of sp³-hybridized carbons (Fsp3) is 0.179. The largest absolute Gasteiger partial charge is 0.486 e. The highest BCUT2D eigenvalue weighted by molar-refractivity contribution is 5.92. The van der Waals surface area contributed by atoms with Crippen LogP contribution in [0.25, 0.3) is 5.69 Å². The van der Waals surface area contributed by atoms with Crippen molar-refractivity contribution in [3.63, 3.8) is 0 Å². The Morgan fingerprint density at radius 2 is 1.73 bits per heavy atom. The number of hydrogen-bond acceptors (Lipinski definition) is 6. The van der Waals surface area contributed by atoms with Crippen LogP contribution in [0.15, 0.2) is 82.3 Å². The van der Waals surface area contributed by atoms with Gasteiger partial charge in [-0.15, -0.1) is 0 Å². The Balaban J connectivity index is 1.31. The molecule has 4 rings (SSSR count). The number of hydrazone groups is 1. The van der Waals surface area contributed by atoms with Gasteiger partial charge in [0.15, 0.2) is 11.9 Å². The second kappa shape index (κ2) is 11.3. The highest BCUT2D eigenvalue weighted by atomic mass is 16.5. The van der Waals surface area contributed by atoms with E-state index in [2.05, 4.69) is 41.1 Å². The van der Waals surface area contributed by atoms with Crippen LogP contribution in [-0.4, -0.2) is 33.9 Å². The first-order chi connectivity index (χ1) is 17.8. The Bertz CT molecular complexity index is 1400. The van der Waals surface area contributed by atoms with Crippen molar-refractivity contribution in [2.45, 2.75) is 33.5 Å². The molecule has 190 valence electrons. The van der Waals surface area contributed by atoms with Gasteiger partial charge in [0.05, 0.1) is 6.21 Å². The Kier molecular flexibility index (Phi) is 7.73. The lowest BCUT2D eigenvalue weighted by Crippen LogP contribution is -2.23. The standard InChI is InChI=1S/C28H27N3O6/c1-18-8-9-19(2)31(18)22-10-12-23(13-11-22)35-17-24-14-15-26(37-24)27(32)30-29-16-21-6-4-5-7-25(21)36-20(3)28(33)34/h4-16,20H,17H2,1-3H3,(H,30,32)(H,33,34)/b29-16+/t20-/m1/s1. The summed E-state index contributed by atoms with van der Waals surface area (Å²) in [6.07, 6.45) is 0.341. The molecule has 1 atom stereocenters. The van der Waals surface area contributed by atoms with E-state index in [1.165, 1.54) is 19.2 Å². The zero-order valence-electron chi connectivity index (χ0n) is 20.7. The van der Waals surface area contributed by atoms with Gasteiger partial charge in [0, 0.05) is 22.6 Å². The molecule has 0 fully saturated rings. The van der Waals surface area contributed by atoms with Crippen LogP contribution in [0.1, 0.15) is 40.2 Å². The summed E-state index contributed by atoms with van der Waals surface area (Å²) in [5, 5.41) is 13.0. The molecule has 2 N–H and O–H groups in total. The molecular formula is C28H27N3O6. The van der Waals surface area contributed by atoms with Crippen molar-refractivity contribution in [3.05, 3.63) is 101 Å². The molecule has 0 aliphatic rings. The molecular weight excluding hydrogens is 474 g/mol. The van der Waals surface area contributed by atoms with Crippen LogP contribution in [0.4, 0.5) is 0 Å². The smallest absolute Gasteiger partial charge is 0.344 e. The van der Waals surface area contributed by atoms with Gasteiger partial charge < -0.3 is 23.6 Å². The second-order valence-electron chi connectivity index (χ2n) is 8.34. The summed E-state index contributed by atoms with van der Waals surface area (Å²) in [4.78, 5) is 23.5. The number of carboxylic acid groups (broad SMARTS) is 1. The summed E-state index contributed by atoms with van der Waals surface area (Å²) >= 11 is 0. The number of nitrogens with one attached hydrogen (secondary N) is 1. The topological polar surface area (TPSA) is 115 Å². The number of carboxylic acids is 1. The number of nitrogens with zero attached hydrogens (tertiary/aromatic N) is 2. The van der Waals surface area contributed by atoms with Crippen LogP contribution < -0.4 is 14.9 Å². The van der Waals surface area contributed by atoms with E-state index in [0.29, 0.717) is 22.8 Å². The summed E-state index contributed by atoms with van der Waals surface area (Å²) in [5.41, 5.74) is 6.26. The summed E-state index contributed by atoms with van der Waals surface area (Å²) < 4.78 is 19.0. The third-order valence-corrected chi connectivity index (χ3v) is 5.57. The molecule has 0 aliphatic heterocycles. The molecule has 9 heteroatoms. The number of hydrogen-bond donors (Lipinski definition) is 2. The molecule has 9 nitrogen and oxygen atoms in total. The normalized spacial score (nSPS) is 11.9. The molecule has 0 saturated carbocycles. The Labute approximate surface area is 213 Å². The molecule has 37 heavy (non-hydrogen) atoms. The van der Waals surface area contributed by atoms with Crippen LogP contribution in [0.5, 0.6) is 11.5 Å². The minimum Gasteiger partial charge on any atom is -0.486 e. The van der Waals surface area contributed by atoms with E-state index in [-0.39, 0.29) is 12.4 Å². The van der Waals surface area contributed by atoms with Crippen molar-refractivity contribution in [2.24, 2.45) is 5.10 Å². The zero-order valence-corrected chi connectivity index (χ0v) is 20.7. The molecule has 2 heterocycles. The minimum absolute atomic E-state index is 0.0775. The van der Waals surface area contributed by atoms with E-state index in [1.54, 1.807) is 30.3 Å². The second-order valence-corrected chi connectivity index (χ2v) is 8.34. The maximum atomic E-state index is 12.4. The number of benzene rings is 2. The van der Waals surface area contributed by atoms with Crippen LogP contribution >= 0.6 is 0 Å². The maximum absolute atomic E-state index is 12.4. The number of furan rings is 1. The van der Waals surface area contributed by atoms with Crippen molar-refractivity contribution in [1.29, 1.82) is 0 Å². The highest BCUT2D eigenvalue weighted by Crippen LogP contribution is 2.21. The number of rotatable bonds is 10. The molecule has 0 unspecified atom stereocenters. The van der Waals surface area contributed by atoms with E-state index >= 15 is 0 Å². The van der Waals surface area contributed by atoms with Gasteiger partial charge in [-0.2, -0.15) is 5.10 Å². The molecule has 0 radical (unpaired) electrons. The number of aliphatic carboxylic acids is 1. The lowest BCUT2D eigenvalue weighted by Gasteiger charge is -2.12. The van der Waals surface area contributed by atoms with Crippen molar-refractivity contribution in [1.82, 2.24) is 9.99 Å². The highest BCUT2D eigenvalue weighted by Gasteiger charge is 2.14. The number of carbonyl (C=O) groups excluding carboxylic acids is 1. The van der Waals surface area contributed by atoms with Crippen LogP contribution in [0, 0.1) is 13.8 Å². The fourth-order valence-electron chi connectivity index (χ4n) is 3.65. The maximum Gasteiger partial charge on any atom is 0.344 e. The first-order valence-electron chi connectivity index (χ1n) is 11.6. The summed E-state index contributed by atoms with van der Waals surface area (Å²) in [5.74, 6) is -0.0559. The average molecular weight is 502 g/mol. The lowest BCUT2D eigenvalue weighted by atomic mass is 10.2. The fourth-order valence-corrected chi connectivity index (χ4v) is 3.65. The zero-order chi connectivity index (χ0) is 26.4. The third-order valence-electron chi connectivity index (χ3n) is 5.57. The molecule has 2 aromatic carbocycles. The van der Waals surface area contributed by atoms with Crippen molar-refractivity contribution in [3.8, 4) is 17.2 Å². The molecule has 4 aromatic rings. The van der Waals surface area contributed by atoms with Crippen molar-refractivity contribution in [2.75, 3.05) is 0 Å². The van der Waals surface area contributed by atoms with Gasteiger partial charge in [-0.1, -0.05) is 12.1 Å². The van der Waals surface area contributed by atoms with Gasteiger partial charge in [-0.3, -0.25) is 4.79 Å². The van der Waals surface area contributed by atoms with E-state index in [4.69, 9.17) is 19.0 Å². The first kappa shape index (κ1) is 25.3. The Hall–Kier alpha value is -4.79. The first-order valence-corrected chi connectivity index (χ1v) is 11.6. The molecule has 0 bridgehead atoms. The number of aryl methyl sites for hydroxylation is 2. The van der Waals surface area contributed by atoms with Gasteiger partial charge >= 0.3 is 11.9 Å². The van der Waals surface area contributed by atoms with Crippen LogP contribution in [0.3, 0.4) is 0 Å². The van der Waals surface area contributed by atoms with Crippen LogP contribution in [0.2, 0.25) is 0 Å². The summed E-state index contributed by atoms with van der Waals surface area (Å²) in [7, 11) is 0. The van der Waals surface area contributed by atoms with Gasteiger partial charge in [0.25, 0.3) is 0 Å². The number of carbonyl (C=O) groups is 2. The number of aromatic nitrogens is 1. The minimum atomic E-state index is -1.09.